The van der Waals surface area contributed by atoms with Gasteiger partial charge < -0.3 is 0 Å². The van der Waals surface area contributed by atoms with Gasteiger partial charge in [0.25, 0.3) is 0 Å². The molecule has 1 saturated heterocycles. The van der Waals surface area contributed by atoms with E-state index < -0.39 is 10.0 Å². The Kier molecular flexibility index (Phi) is 3.65. The molecule has 5 heteroatoms. The van der Waals surface area contributed by atoms with Gasteiger partial charge in [-0.25, -0.2) is 8.42 Å². The van der Waals surface area contributed by atoms with E-state index in [1.54, 1.807) is 18.2 Å². The van der Waals surface area contributed by atoms with Crippen LogP contribution >= 0.6 is 11.8 Å². The van der Waals surface area contributed by atoms with Crippen LogP contribution in [-0.2, 0) is 10.0 Å². The Balaban J connectivity index is 2.71. The highest BCUT2D eigenvalue weighted by molar-refractivity contribution is 8.00. The smallest absolute Gasteiger partial charge is 0.212 e. The van der Waals surface area contributed by atoms with Crippen LogP contribution in [0.25, 0.3) is 0 Å². The Morgan fingerprint density at radius 1 is 1.46 bits per heavy atom. The fourth-order valence-corrected chi connectivity index (χ4v) is 3.91. The number of nitrogens with zero attached hydrogens (tertiary/aromatic N) is 1. The molecule has 0 spiro atoms. The third-order valence-corrected chi connectivity index (χ3v) is 5.54. The van der Waals surface area contributed by atoms with Crippen molar-refractivity contribution in [2.75, 3.05) is 18.8 Å². The van der Waals surface area contributed by atoms with Gasteiger partial charge in [-0.1, -0.05) is 6.92 Å². The summed E-state index contributed by atoms with van der Waals surface area (Å²) in [7, 11) is -3.01. The summed E-state index contributed by atoms with van der Waals surface area (Å²) in [5, 5.41) is 0.144. The van der Waals surface area contributed by atoms with Crippen LogP contribution in [0, 0.1) is 0 Å². The molecule has 0 aliphatic carbocycles. The van der Waals surface area contributed by atoms with Crippen LogP contribution in [0.4, 0.5) is 0 Å². The molecule has 0 radical (unpaired) electrons. The quantitative estimate of drug-likeness (QED) is 0.705. The Bertz CT molecular complexity index is 261. The first-order valence-electron chi connectivity index (χ1n) is 4.55. The minimum Gasteiger partial charge on any atom is -0.212 e. The summed E-state index contributed by atoms with van der Waals surface area (Å²) in [5.41, 5.74) is 0. The molecule has 0 aromatic rings. The van der Waals surface area contributed by atoms with Crippen molar-refractivity contribution >= 4 is 21.8 Å². The van der Waals surface area contributed by atoms with Crippen LogP contribution < -0.4 is 0 Å². The van der Waals surface area contributed by atoms with E-state index in [-0.39, 0.29) is 5.25 Å². The van der Waals surface area contributed by atoms with Crippen LogP contribution in [0.2, 0.25) is 0 Å². The molecule has 1 atom stereocenters. The number of hydrogen-bond donors (Lipinski definition) is 0. The monoisotopic (exact) mass is 223 g/mol. The summed E-state index contributed by atoms with van der Waals surface area (Å²) >= 11 is 1.84. The van der Waals surface area contributed by atoms with E-state index >= 15 is 0 Å². The van der Waals surface area contributed by atoms with E-state index in [0.29, 0.717) is 18.3 Å². The van der Waals surface area contributed by atoms with Gasteiger partial charge in [0.2, 0.25) is 10.0 Å². The highest BCUT2D eigenvalue weighted by atomic mass is 32.2. The summed E-state index contributed by atoms with van der Waals surface area (Å²) in [4.78, 5) is 0. The Morgan fingerprint density at radius 2 is 2.08 bits per heavy atom. The normalized spacial score (nSPS) is 26.6. The third kappa shape index (κ3) is 2.60. The molecule has 1 rings (SSSR count). The van der Waals surface area contributed by atoms with Gasteiger partial charge in [-0.2, -0.15) is 16.1 Å². The van der Waals surface area contributed by atoms with Crippen molar-refractivity contribution in [3.63, 3.8) is 0 Å². The van der Waals surface area contributed by atoms with E-state index in [1.165, 1.54) is 0 Å². The lowest BCUT2D eigenvalue weighted by Crippen LogP contribution is -2.44. The molecule has 0 amide bonds. The van der Waals surface area contributed by atoms with Gasteiger partial charge in [0.1, 0.15) is 0 Å². The molecule has 0 N–H and O–H groups in total. The summed E-state index contributed by atoms with van der Waals surface area (Å²) in [6.45, 7) is 6.90. The Hall–Kier alpha value is 0.260. The zero-order chi connectivity index (χ0) is 10.1. The van der Waals surface area contributed by atoms with Gasteiger partial charge in [0, 0.05) is 24.1 Å². The molecule has 1 aliphatic rings. The summed E-state index contributed by atoms with van der Waals surface area (Å²) in [6.07, 6.45) is 0. The fourth-order valence-electron chi connectivity index (χ4n) is 1.32. The van der Waals surface area contributed by atoms with Crippen LogP contribution in [0.15, 0.2) is 0 Å². The average molecular weight is 223 g/mol. The minimum atomic E-state index is -3.01. The van der Waals surface area contributed by atoms with E-state index in [9.17, 15) is 8.42 Å². The standard InChI is InChI=1S/C8H17NO2S2/c1-7(2)13(10,11)9-4-5-12-8(3)6-9/h7-8H,4-6H2,1-3H3. The highest BCUT2D eigenvalue weighted by Crippen LogP contribution is 2.21. The molecule has 1 unspecified atom stereocenters. The van der Waals surface area contributed by atoms with Crippen LogP contribution in [-0.4, -0.2) is 42.1 Å². The second-order valence-corrected chi connectivity index (χ2v) is 7.67. The first-order chi connectivity index (χ1) is 5.94. The van der Waals surface area contributed by atoms with Crippen molar-refractivity contribution < 1.29 is 8.42 Å². The predicted octanol–water partition coefficient (Wildman–Crippen LogP) is 1.16. The fraction of sp³-hybridized carbons (Fsp3) is 1.00. The molecule has 0 aromatic heterocycles. The maximum absolute atomic E-state index is 11.7. The van der Waals surface area contributed by atoms with Crippen molar-refractivity contribution in [2.45, 2.75) is 31.3 Å². The van der Waals surface area contributed by atoms with Crippen molar-refractivity contribution in [1.82, 2.24) is 4.31 Å². The molecule has 0 saturated carbocycles. The van der Waals surface area contributed by atoms with E-state index in [2.05, 4.69) is 6.92 Å². The zero-order valence-electron chi connectivity index (χ0n) is 8.36. The zero-order valence-corrected chi connectivity index (χ0v) is 9.99. The van der Waals surface area contributed by atoms with Crippen molar-refractivity contribution in [3.05, 3.63) is 0 Å². The molecule has 0 bridgehead atoms. The van der Waals surface area contributed by atoms with Crippen molar-refractivity contribution in [3.8, 4) is 0 Å². The molecular formula is C8H17NO2S2. The third-order valence-electron chi connectivity index (χ3n) is 2.16. The van der Waals surface area contributed by atoms with Gasteiger partial charge in [-0.15, -0.1) is 0 Å². The maximum Gasteiger partial charge on any atom is 0.216 e. The number of thioether (sulfide) groups is 1. The molecule has 1 heterocycles. The predicted molar refractivity (Wildman–Crippen MR) is 57.5 cm³/mol. The second-order valence-electron chi connectivity index (χ2n) is 3.63. The second kappa shape index (κ2) is 4.19. The molecule has 1 aliphatic heterocycles. The summed E-state index contributed by atoms with van der Waals surface area (Å²) in [6, 6.07) is 0. The van der Waals surface area contributed by atoms with Gasteiger partial charge in [0.05, 0.1) is 5.25 Å². The lowest BCUT2D eigenvalue weighted by atomic mass is 10.4. The van der Waals surface area contributed by atoms with E-state index in [0.717, 1.165) is 5.75 Å². The SMILES string of the molecule is CC1CN(S(=O)(=O)C(C)C)CCS1. The largest absolute Gasteiger partial charge is 0.216 e. The Labute approximate surface area is 84.9 Å². The van der Waals surface area contributed by atoms with Crippen LogP contribution in [0.1, 0.15) is 20.8 Å². The first kappa shape index (κ1) is 11.3. The van der Waals surface area contributed by atoms with E-state index in [1.807, 2.05) is 11.8 Å². The van der Waals surface area contributed by atoms with Gasteiger partial charge in [-0.3, -0.25) is 0 Å². The molecule has 1 fully saturated rings. The van der Waals surface area contributed by atoms with Gasteiger partial charge in [-0.05, 0) is 13.8 Å². The van der Waals surface area contributed by atoms with Gasteiger partial charge in [0.15, 0.2) is 0 Å². The van der Waals surface area contributed by atoms with Crippen LogP contribution in [0.5, 0.6) is 0 Å². The summed E-state index contributed by atoms with van der Waals surface area (Å²) < 4.78 is 25.1. The van der Waals surface area contributed by atoms with Crippen LogP contribution in [0.3, 0.4) is 0 Å². The first-order valence-corrected chi connectivity index (χ1v) is 7.10. The number of rotatable bonds is 2. The minimum absolute atomic E-state index is 0.289. The molecular weight excluding hydrogens is 206 g/mol. The lowest BCUT2D eigenvalue weighted by molar-refractivity contribution is 0.419. The van der Waals surface area contributed by atoms with E-state index in [4.69, 9.17) is 0 Å². The molecule has 78 valence electrons. The Morgan fingerprint density at radius 3 is 2.54 bits per heavy atom. The topological polar surface area (TPSA) is 37.4 Å². The summed E-state index contributed by atoms with van der Waals surface area (Å²) in [5.74, 6) is 0.924. The van der Waals surface area contributed by atoms with Gasteiger partial charge >= 0.3 is 0 Å². The highest BCUT2D eigenvalue weighted by Gasteiger charge is 2.29. The lowest BCUT2D eigenvalue weighted by Gasteiger charge is -2.30. The van der Waals surface area contributed by atoms with Crippen molar-refractivity contribution in [2.24, 2.45) is 0 Å². The number of hydrogen-bond acceptors (Lipinski definition) is 3. The molecule has 3 nitrogen and oxygen atoms in total. The molecule has 0 aromatic carbocycles. The maximum atomic E-state index is 11.7. The number of sulfonamides is 1. The molecule has 13 heavy (non-hydrogen) atoms. The van der Waals surface area contributed by atoms with Crippen molar-refractivity contribution in [1.29, 1.82) is 0 Å². The average Bonchev–Trinajstić information content (AvgIpc) is 2.04.